The van der Waals surface area contributed by atoms with Crippen LogP contribution in [0.3, 0.4) is 0 Å². The van der Waals surface area contributed by atoms with E-state index in [9.17, 15) is 4.79 Å². The van der Waals surface area contributed by atoms with Crippen molar-refractivity contribution in [1.29, 1.82) is 0 Å². The smallest absolute Gasteiger partial charge is 0.227 e. The molecule has 0 unspecified atom stereocenters. The summed E-state index contributed by atoms with van der Waals surface area (Å²) in [6.45, 7) is 4.56. The first-order valence-corrected chi connectivity index (χ1v) is 8.24. The molecule has 1 saturated heterocycles. The van der Waals surface area contributed by atoms with Gasteiger partial charge in [0, 0.05) is 38.3 Å². The van der Waals surface area contributed by atoms with Crippen LogP contribution in [0.15, 0.2) is 30.7 Å². The molecule has 0 atom stereocenters. The second-order valence-electron chi connectivity index (χ2n) is 5.90. The molecular formula is C17H22N6O. The highest BCUT2D eigenvalue weighted by Crippen LogP contribution is 2.19. The molecule has 0 saturated carbocycles. The predicted octanol–water partition coefficient (Wildman–Crippen LogP) is 2.22. The number of pyridine rings is 1. The van der Waals surface area contributed by atoms with Crippen LogP contribution >= 0.6 is 0 Å². The van der Waals surface area contributed by atoms with Gasteiger partial charge in [-0.2, -0.15) is 0 Å². The van der Waals surface area contributed by atoms with Crippen LogP contribution in [0.5, 0.6) is 0 Å². The van der Waals surface area contributed by atoms with Crippen LogP contribution in [0.2, 0.25) is 0 Å². The van der Waals surface area contributed by atoms with Crippen molar-refractivity contribution in [2.24, 2.45) is 0 Å². The van der Waals surface area contributed by atoms with Gasteiger partial charge in [0.15, 0.2) is 0 Å². The van der Waals surface area contributed by atoms with Crippen molar-refractivity contribution >= 4 is 23.4 Å². The van der Waals surface area contributed by atoms with Crippen molar-refractivity contribution in [3.05, 3.63) is 36.3 Å². The second kappa shape index (κ2) is 7.72. The molecule has 1 aliphatic rings. The molecule has 24 heavy (non-hydrogen) atoms. The summed E-state index contributed by atoms with van der Waals surface area (Å²) in [5.74, 6) is 2.18. The second-order valence-corrected chi connectivity index (χ2v) is 5.90. The van der Waals surface area contributed by atoms with Crippen molar-refractivity contribution in [3.8, 4) is 0 Å². The number of aryl methyl sites for hydroxylation is 1. The lowest BCUT2D eigenvalue weighted by Gasteiger charge is -2.16. The minimum absolute atomic E-state index is 0.0762. The number of anilines is 3. The van der Waals surface area contributed by atoms with Gasteiger partial charge in [-0.05, 0) is 31.4 Å². The van der Waals surface area contributed by atoms with Gasteiger partial charge in [-0.3, -0.25) is 4.79 Å². The summed E-state index contributed by atoms with van der Waals surface area (Å²) in [5.41, 5.74) is 1.06. The normalized spacial score (nSPS) is 13.8. The summed E-state index contributed by atoms with van der Waals surface area (Å²) in [4.78, 5) is 26.9. The molecule has 0 spiro atoms. The van der Waals surface area contributed by atoms with Crippen LogP contribution in [-0.2, 0) is 4.79 Å². The Morgan fingerprint density at radius 3 is 2.75 bits per heavy atom. The largest absolute Gasteiger partial charge is 0.369 e. The summed E-state index contributed by atoms with van der Waals surface area (Å²) in [7, 11) is 0. The Labute approximate surface area is 141 Å². The summed E-state index contributed by atoms with van der Waals surface area (Å²) in [5, 5.41) is 5.96. The molecule has 2 aromatic rings. The quantitative estimate of drug-likeness (QED) is 0.847. The molecule has 3 rings (SSSR count). The first-order valence-electron chi connectivity index (χ1n) is 8.24. The molecule has 0 radical (unpaired) electrons. The molecule has 3 heterocycles. The predicted molar refractivity (Wildman–Crippen MR) is 94.2 cm³/mol. The summed E-state index contributed by atoms with van der Waals surface area (Å²) in [6, 6.07) is 5.65. The lowest BCUT2D eigenvalue weighted by Crippen LogP contribution is -2.20. The number of nitrogens with one attached hydrogen (secondary N) is 2. The number of amides is 1. The van der Waals surface area contributed by atoms with Crippen LogP contribution in [-0.4, -0.2) is 40.5 Å². The standard InChI is InChI=1S/C17H22N6O/c1-13-4-5-14(19-11-13)22-17(24)6-7-18-15-10-16(21-12-20-15)23-8-2-3-9-23/h4-5,10-12H,2-3,6-9H2,1H3,(H,18,20,21)(H,19,22,24). The Morgan fingerprint density at radius 2 is 2.00 bits per heavy atom. The van der Waals surface area contributed by atoms with Gasteiger partial charge in [-0.15, -0.1) is 0 Å². The number of hydrogen-bond acceptors (Lipinski definition) is 6. The number of rotatable bonds is 6. The zero-order chi connectivity index (χ0) is 16.8. The van der Waals surface area contributed by atoms with E-state index >= 15 is 0 Å². The molecular weight excluding hydrogens is 304 g/mol. The van der Waals surface area contributed by atoms with Gasteiger partial charge in [-0.25, -0.2) is 15.0 Å². The first-order chi connectivity index (χ1) is 11.7. The lowest BCUT2D eigenvalue weighted by atomic mass is 10.3. The van der Waals surface area contributed by atoms with Crippen LogP contribution in [0, 0.1) is 6.92 Å². The summed E-state index contributed by atoms with van der Waals surface area (Å²) in [6.07, 6.45) is 6.06. The Kier molecular flexibility index (Phi) is 5.20. The van der Waals surface area contributed by atoms with E-state index in [4.69, 9.17) is 0 Å². The molecule has 1 amide bonds. The Bertz CT molecular complexity index is 682. The molecule has 0 aliphatic carbocycles. The minimum Gasteiger partial charge on any atom is -0.369 e. The SMILES string of the molecule is Cc1ccc(NC(=O)CCNc2cc(N3CCCC3)ncn2)nc1. The fourth-order valence-corrected chi connectivity index (χ4v) is 2.61. The molecule has 126 valence electrons. The van der Waals surface area contributed by atoms with E-state index in [1.807, 2.05) is 19.1 Å². The third-order valence-electron chi connectivity index (χ3n) is 3.92. The van der Waals surface area contributed by atoms with Crippen molar-refractivity contribution in [3.63, 3.8) is 0 Å². The van der Waals surface area contributed by atoms with Crippen LogP contribution in [0.1, 0.15) is 24.8 Å². The maximum atomic E-state index is 11.9. The third kappa shape index (κ3) is 4.41. The lowest BCUT2D eigenvalue weighted by molar-refractivity contribution is -0.116. The highest BCUT2D eigenvalue weighted by molar-refractivity contribution is 5.90. The van der Waals surface area contributed by atoms with E-state index in [1.54, 1.807) is 18.6 Å². The van der Waals surface area contributed by atoms with Gasteiger partial charge in [0.05, 0.1) is 0 Å². The first kappa shape index (κ1) is 16.2. The third-order valence-corrected chi connectivity index (χ3v) is 3.92. The van der Waals surface area contributed by atoms with Gasteiger partial charge < -0.3 is 15.5 Å². The fraction of sp³-hybridized carbons (Fsp3) is 0.412. The number of carbonyl (C=O) groups excluding carboxylic acids is 1. The molecule has 2 N–H and O–H groups in total. The van der Waals surface area contributed by atoms with Crippen molar-refractivity contribution in [2.45, 2.75) is 26.2 Å². The zero-order valence-electron chi connectivity index (χ0n) is 13.8. The number of carbonyl (C=O) groups is 1. The van der Waals surface area contributed by atoms with E-state index in [0.717, 1.165) is 30.3 Å². The van der Waals surface area contributed by atoms with E-state index < -0.39 is 0 Å². The average molecular weight is 326 g/mol. The topological polar surface area (TPSA) is 83.0 Å². The zero-order valence-corrected chi connectivity index (χ0v) is 13.8. The van der Waals surface area contributed by atoms with Gasteiger partial charge >= 0.3 is 0 Å². The maximum absolute atomic E-state index is 11.9. The fourth-order valence-electron chi connectivity index (χ4n) is 2.61. The monoisotopic (exact) mass is 326 g/mol. The van der Waals surface area contributed by atoms with Crippen molar-refractivity contribution < 1.29 is 4.79 Å². The van der Waals surface area contributed by atoms with Crippen molar-refractivity contribution in [2.75, 3.05) is 35.2 Å². The van der Waals surface area contributed by atoms with Crippen LogP contribution < -0.4 is 15.5 Å². The summed E-state index contributed by atoms with van der Waals surface area (Å²) >= 11 is 0. The molecule has 0 bridgehead atoms. The Morgan fingerprint density at radius 1 is 1.17 bits per heavy atom. The summed E-state index contributed by atoms with van der Waals surface area (Å²) < 4.78 is 0. The van der Waals surface area contributed by atoms with Crippen LogP contribution in [0.4, 0.5) is 17.5 Å². The van der Waals surface area contributed by atoms with Gasteiger partial charge in [0.2, 0.25) is 5.91 Å². The molecule has 1 aliphatic heterocycles. The van der Waals surface area contributed by atoms with Gasteiger partial charge in [-0.1, -0.05) is 6.07 Å². The molecule has 0 aromatic carbocycles. The Balaban J connectivity index is 1.46. The van der Waals surface area contributed by atoms with Gasteiger partial charge in [0.1, 0.15) is 23.8 Å². The molecule has 7 nitrogen and oxygen atoms in total. The van der Waals surface area contributed by atoms with Crippen LogP contribution in [0.25, 0.3) is 0 Å². The number of nitrogens with zero attached hydrogens (tertiary/aromatic N) is 4. The highest BCUT2D eigenvalue weighted by Gasteiger charge is 2.14. The van der Waals surface area contributed by atoms with E-state index in [0.29, 0.717) is 18.8 Å². The van der Waals surface area contributed by atoms with E-state index in [2.05, 4.69) is 30.5 Å². The average Bonchev–Trinajstić information content (AvgIpc) is 3.12. The van der Waals surface area contributed by atoms with E-state index in [-0.39, 0.29) is 5.91 Å². The molecule has 2 aromatic heterocycles. The van der Waals surface area contributed by atoms with E-state index in [1.165, 1.54) is 12.8 Å². The van der Waals surface area contributed by atoms with Crippen molar-refractivity contribution in [1.82, 2.24) is 15.0 Å². The minimum atomic E-state index is -0.0762. The molecule has 1 fully saturated rings. The van der Waals surface area contributed by atoms with Gasteiger partial charge in [0.25, 0.3) is 0 Å². The number of aromatic nitrogens is 3. The maximum Gasteiger partial charge on any atom is 0.227 e. The molecule has 7 heteroatoms. The Hall–Kier alpha value is -2.70. The number of hydrogen-bond donors (Lipinski definition) is 2. The highest BCUT2D eigenvalue weighted by atomic mass is 16.1.